The Hall–Kier alpha value is -7.52. The van der Waals surface area contributed by atoms with Gasteiger partial charge in [0.25, 0.3) is 0 Å². The van der Waals surface area contributed by atoms with Crippen LogP contribution in [-0.2, 0) is 37.9 Å². The van der Waals surface area contributed by atoms with Gasteiger partial charge in [-0.05, 0) is 160 Å². The lowest BCUT2D eigenvalue weighted by Gasteiger charge is -2.11. The zero-order chi connectivity index (χ0) is 57.3. The van der Waals surface area contributed by atoms with Crippen LogP contribution in [0, 0.1) is 25.7 Å². The number of quaternary nitrogens is 2. The summed E-state index contributed by atoms with van der Waals surface area (Å²) < 4.78 is 3.65. The van der Waals surface area contributed by atoms with E-state index in [1.807, 2.05) is 14.1 Å². The van der Waals surface area contributed by atoms with Gasteiger partial charge in [-0.3, -0.25) is 20.6 Å². The molecule has 0 aliphatic rings. The van der Waals surface area contributed by atoms with Gasteiger partial charge in [-0.25, -0.2) is 0 Å². The number of benzene rings is 8. The summed E-state index contributed by atoms with van der Waals surface area (Å²) in [7, 11) is 3.97. The van der Waals surface area contributed by atoms with E-state index in [1.54, 1.807) is 0 Å². The molecule has 0 saturated heterocycles. The number of rotatable bonds is 14. The van der Waals surface area contributed by atoms with E-state index >= 15 is 0 Å². The molecule has 14 nitrogen and oxygen atoms in total. The van der Waals surface area contributed by atoms with Gasteiger partial charge in [0.2, 0.25) is 0 Å². The molecule has 0 spiro atoms. The molecule has 0 atom stereocenters. The largest absolute Gasteiger partial charge is 0.406 e. The predicted octanol–water partition coefficient (Wildman–Crippen LogP) is 15.4. The molecule has 8 aromatic carbocycles. The van der Waals surface area contributed by atoms with Gasteiger partial charge in [0.15, 0.2) is 0 Å². The first kappa shape index (κ1) is 61.1. The van der Waals surface area contributed by atoms with Crippen molar-refractivity contribution in [3.8, 4) is 0 Å². The highest BCUT2D eigenvalue weighted by atomic mass is 32.2. The Morgan fingerprint density at radius 3 is 0.741 bits per heavy atom. The lowest BCUT2D eigenvalue weighted by atomic mass is 10.2. The maximum absolute atomic E-state index is 4.67. The van der Waals surface area contributed by atoms with Crippen LogP contribution >= 0.6 is 70.7 Å². The molecule has 0 radical (unpaired) electrons. The molecule has 0 bridgehead atoms. The number of H-pyrrole nitrogens is 3. The normalized spacial score (nSPS) is 10.1. The summed E-state index contributed by atoms with van der Waals surface area (Å²) in [6.07, 6.45) is 0. The molecule has 0 saturated carbocycles. The zero-order valence-electron chi connectivity index (χ0n) is 44.1. The molecule has 0 fully saturated rings. The van der Waals surface area contributed by atoms with Crippen molar-refractivity contribution in [3.63, 3.8) is 0 Å². The Bertz CT molecular complexity index is 3480. The number of hydrogen-bond donors (Lipinski definition) is 11. The predicted molar refractivity (Wildman–Crippen MR) is 355 cm³/mol. The third kappa shape index (κ3) is 22.2. The van der Waals surface area contributed by atoms with Gasteiger partial charge in [0, 0.05) is 106 Å². The first-order valence-corrected chi connectivity index (χ1v) is 29.7. The second-order valence-electron chi connectivity index (χ2n) is 17.3. The van der Waals surface area contributed by atoms with Crippen LogP contribution in [0.5, 0.6) is 0 Å². The molecule has 23 heteroatoms. The lowest BCUT2D eigenvalue weighted by Crippen LogP contribution is -2.72. The van der Waals surface area contributed by atoms with Gasteiger partial charge in [-0.2, -0.15) is 15.3 Å². The number of hydrogen-bond acceptors (Lipinski definition) is 18. The topological polar surface area (TPSA) is 191 Å². The van der Waals surface area contributed by atoms with Gasteiger partial charge < -0.3 is 109 Å². The van der Waals surface area contributed by atoms with Gasteiger partial charge >= 0.3 is 0 Å². The van der Waals surface area contributed by atoms with Crippen molar-refractivity contribution in [3.05, 3.63) is 217 Å². The fourth-order valence-corrected chi connectivity index (χ4v) is 10.3. The van der Waals surface area contributed by atoms with Crippen molar-refractivity contribution < 1.29 is 10.6 Å². The average molecular weight is 1240 g/mol. The highest BCUT2D eigenvalue weighted by Crippen LogP contribution is 2.26. The summed E-state index contributed by atoms with van der Waals surface area (Å²) in [5, 5.41) is 43.1. The van der Waals surface area contributed by atoms with E-state index in [0.717, 1.165) is 62.6 Å². The molecule has 11 aromatic rings. The fraction of sp³-hybridized carbons (Fsp3) is 0.0690. The molecule has 3 aromatic heterocycles. The van der Waals surface area contributed by atoms with E-state index in [0.29, 0.717) is 24.9 Å². The Morgan fingerprint density at radius 1 is 0.346 bits per heavy atom. The highest BCUT2D eigenvalue weighted by Gasteiger charge is 2.05. The number of aromatic nitrogens is 6. The summed E-state index contributed by atoms with van der Waals surface area (Å²) in [6, 6.07) is 67.0. The van der Waals surface area contributed by atoms with Crippen LogP contribution in [0.3, 0.4) is 0 Å². The number of aromatic amines is 3. The van der Waals surface area contributed by atoms with Crippen molar-refractivity contribution in [1.29, 1.82) is 0 Å². The molecule has 0 aliphatic heterocycles. The summed E-state index contributed by atoms with van der Waals surface area (Å²) in [5.74, 6) is 0. The van der Waals surface area contributed by atoms with Gasteiger partial charge in [0.1, 0.15) is 17.1 Å². The van der Waals surface area contributed by atoms with Crippen LogP contribution in [0.2, 0.25) is 0 Å². The second kappa shape index (κ2) is 32.1. The monoisotopic (exact) mass is 1240 g/mol. The molecule has 13 N–H and O–H groups in total. The smallest absolute Gasteiger partial charge is 0.134 e. The van der Waals surface area contributed by atoms with E-state index < -0.39 is 0 Å². The Kier molecular flexibility index (Phi) is 24.2. The highest BCUT2D eigenvalue weighted by molar-refractivity contribution is 7.74. The summed E-state index contributed by atoms with van der Waals surface area (Å²) >= 11 is 31.8. The average Bonchev–Trinajstić information content (AvgIpc) is 4.20. The van der Waals surface area contributed by atoms with Crippen molar-refractivity contribution in [2.45, 2.75) is 26.9 Å². The number of nitrogens with zero attached hydrogens (tertiary/aromatic N) is 3. The van der Waals surface area contributed by atoms with E-state index in [1.165, 1.54) is 62.2 Å². The molecule has 3 heterocycles. The molecule has 0 amide bonds. The van der Waals surface area contributed by atoms with Crippen molar-refractivity contribution >= 4 is 188 Å². The van der Waals surface area contributed by atoms with Crippen LogP contribution in [0.25, 0.3) is 0 Å². The zero-order valence-corrected chi connectivity index (χ0v) is 51.5. The van der Waals surface area contributed by atoms with Crippen LogP contribution in [0.15, 0.2) is 207 Å². The molecule has 0 unspecified atom stereocenters. The molecule has 414 valence electrons. The summed E-state index contributed by atoms with van der Waals surface area (Å²) in [4.78, 5) is 0. The minimum Gasteiger partial charge on any atom is -0.406 e. The Balaban J connectivity index is 0.000000172. The van der Waals surface area contributed by atoms with E-state index in [9.17, 15) is 0 Å². The van der Waals surface area contributed by atoms with E-state index in [-0.39, 0.29) is 0 Å². The van der Waals surface area contributed by atoms with Crippen LogP contribution in [0.1, 0.15) is 11.1 Å². The number of aryl methyl sites for hydroxylation is 2. The Labute approximate surface area is 515 Å². The molecule has 11 rings (SSSR count). The molecular weight excluding hydrogens is 1180 g/mol. The van der Waals surface area contributed by atoms with Crippen molar-refractivity contribution in [2.75, 3.05) is 46.0 Å². The standard InChI is InChI=1S/2C26H26N4.3C2H2N2S3/c2*1-19-3-5-21(6-4-19)28-23-11-13-25(14-12-23)30-26-17-15-24(16-18-26)29-22-9-7-20(27-2)8-10-22;3*5-1-3-4-2(6)7-1/h2*3-18,27-30H,1-2H3;3*(H,3,5)(H,4,6)/p-1. The number of anilines is 11. The van der Waals surface area contributed by atoms with Crippen LogP contribution < -0.4 is 42.5 Å². The van der Waals surface area contributed by atoms with Crippen molar-refractivity contribution in [2.24, 2.45) is 0 Å². The third-order valence-electron chi connectivity index (χ3n) is 11.1. The first-order valence-electron chi connectivity index (χ1n) is 24.8. The minimum atomic E-state index is 0.574. The molecule has 0 aliphatic carbocycles. The Morgan fingerprint density at radius 2 is 0.556 bits per heavy atom. The number of nitrogens with one attached hydrogen (secondary N) is 9. The molecular formula is C58H57N14S9-. The minimum absolute atomic E-state index is 0.574. The number of nitrogens with two attached hydrogens (primary N) is 2. The second-order valence-corrected chi connectivity index (χ2v) is 24.2. The quantitative estimate of drug-likeness (QED) is 0.0280. The maximum atomic E-state index is 4.67. The fourth-order valence-electron chi connectivity index (χ4n) is 7.03. The summed E-state index contributed by atoms with van der Waals surface area (Å²) in [6.45, 7) is 4.19. The van der Waals surface area contributed by atoms with E-state index in [2.05, 4.69) is 356 Å². The molecule has 81 heavy (non-hydrogen) atoms. The SMILES string of the molecule is CNc1ccc(Nc2ccc(Nc3ccc(Nc4ccc(C)cc4)cc3)cc2)cc1.C[NH2+]c1ccc(Nc2ccc([NH2+]c3ccc(Nc4ccc(C)cc4)cc3)cc2)cc1.S=c1[nH]nc([S-])s1.S=c1[nH]nc([S-])s1.S=c1[nH]nc([S-])s1. The van der Waals surface area contributed by atoms with Gasteiger partial charge in [0.05, 0.1) is 18.9 Å². The lowest BCUT2D eigenvalue weighted by molar-refractivity contribution is -0.539. The first-order chi connectivity index (χ1) is 39.2. The van der Waals surface area contributed by atoms with Crippen molar-refractivity contribution in [1.82, 2.24) is 30.6 Å². The maximum Gasteiger partial charge on any atom is 0.134 e. The third-order valence-corrected chi connectivity index (χ3v) is 14.8. The van der Waals surface area contributed by atoms with Crippen LogP contribution in [-0.4, -0.2) is 44.7 Å². The van der Waals surface area contributed by atoms with Gasteiger partial charge in [-0.1, -0.05) is 72.0 Å². The van der Waals surface area contributed by atoms with Crippen LogP contribution in [0.4, 0.5) is 79.6 Å². The van der Waals surface area contributed by atoms with Gasteiger partial charge in [-0.15, -0.1) is 0 Å². The van der Waals surface area contributed by atoms with E-state index in [4.69, 9.17) is 0 Å². The summed E-state index contributed by atoms with van der Waals surface area (Å²) in [5.41, 5.74) is 17.9.